The fourth-order valence-corrected chi connectivity index (χ4v) is 3.72. The number of anilines is 2. The lowest BCUT2D eigenvalue weighted by atomic mass is 10.1. The van der Waals surface area contributed by atoms with Crippen LogP contribution in [0.5, 0.6) is 0 Å². The molecule has 2 aliphatic heterocycles. The number of hydrogen-bond donors (Lipinski definition) is 0. The number of benzene rings is 2. The number of hydrogen-bond acceptors (Lipinski definition) is 4. The van der Waals surface area contributed by atoms with E-state index in [0.29, 0.717) is 30.5 Å². The van der Waals surface area contributed by atoms with E-state index in [-0.39, 0.29) is 17.8 Å². The van der Waals surface area contributed by atoms with Crippen LogP contribution in [0.3, 0.4) is 0 Å². The van der Waals surface area contributed by atoms with Crippen molar-refractivity contribution in [1.82, 2.24) is 0 Å². The lowest BCUT2D eigenvalue weighted by Crippen LogP contribution is -2.29. The normalized spacial score (nSPS) is 15.8. The van der Waals surface area contributed by atoms with Gasteiger partial charge in [-0.3, -0.25) is 9.59 Å². The summed E-state index contributed by atoms with van der Waals surface area (Å²) in [6.45, 7) is 1.30. The first-order chi connectivity index (χ1) is 13.1. The van der Waals surface area contributed by atoms with Gasteiger partial charge >= 0.3 is 5.97 Å². The molecular weight excluding hydrogens is 344 g/mol. The molecule has 4 rings (SSSR count). The Labute approximate surface area is 157 Å². The van der Waals surface area contributed by atoms with E-state index >= 15 is 0 Å². The van der Waals surface area contributed by atoms with Crippen LogP contribution in [-0.2, 0) is 16.0 Å². The minimum atomic E-state index is -0.380. The molecule has 2 aromatic carbocycles. The van der Waals surface area contributed by atoms with Crippen LogP contribution in [0.2, 0.25) is 0 Å². The van der Waals surface area contributed by atoms with Crippen molar-refractivity contribution in [3.05, 3.63) is 59.2 Å². The Bertz CT molecular complexity index is 920. The van der Waals surface area contributed by atoms with Crippen molar-refractivity contribution in [2.75, 3.05) is 30.0 Å². The smallest absolute Gasteiger partial charge is 0.337 e. The van der Waals surface area contributed by atoms with E-state index < -0.39 is 0 Å². The van der Waals surface area contributed by atoms with Gasteiger partial charge in [0, 0.05) is 36.4 Å². The number of ether oxygens (including phenoxy) is 1. The van der Waals surface area contributed by atoms with Gasteiger partial charge < -0.3 is 14.5 Å². The maximum atomic E-state index is 12.9. The van der Waals surface area contributed by atoms with E-state index in [0.717, 1.165) is 29.9 Å². The maximum absolute atomic E-state index is 12.9. The lowest BCUT2D eigenvalue weighted by Gasteiger charge is -2.19. The number of methoxy groups -OCH3 is 1. The van der Waals surface area contributed by atoms with Gasteiger partial charge in [-0.15, -0.1) is 0 Å². The highest BCUT2D eigenvalue weighted by Gasteiger charge is 2.27. The van der Waals surface area contributed by atoms with Crippen LogP contribution in [-0.4, -0.2) is 38.0 Å². The fraction of sp³-hybridized carbons (Fsp3) is 0.286. The SMILES string of the molecule is COC(=O)c1ccc2c(c1)CCN2C(=O)c1ccc(N2CCCC2=O)cc1. The highest BCUT2D eigenvalue weighted by molar-refractivity contribution is 6.08. The quantitative estimate of drug-likeness (QED) is 0.786. The average molecular weight is 364 g/mol. The molecule has 2 heterocycles. The zero-order chi connectivity index (χ0) is 19.0. The number of fused-ring (bicyclic) bond motifs is 1. The molecule has 0 saturated carbocycles. The molecule has 2 aliphatic rings. The van der Waals surface area contributed by atoms with Gasteiger partial charge in [0.1, 0.15) is 0 Å². The molecule has 138 valence electrons. The summed E-state index contributed by atoms with van der Waals surface area (Å²) in [6, 6.07) is 12.5. The summed E-state index contributed by atoms with van der Waals surface area (Å²) in [4.78, 5) is 40.0. The minimum absolute atomic E-state index is 0.0844. The van der Waals surface area contributed by atoms with Gasteiger partial charge in [-0.2, -0.15) is 0 Å². The fourth-order valence-electron chi connectivity index (χ4n) is 3.72. The highest BCUT2D eigenvalue weighted by Crippen LogP contribution is 2.31. The minimum Gasteiger partial charge on any atom is -0.465 e. The van der Waals surface area contributed by atoms with Gasteiger partial charge in [0.05, 0.1) is 12.7 Å². The number of amides is 2. The van der Waals surface area contributed by atoms with Crippen LogP contribution in [0.4, 0.5) is 11.4 Å². The third-order valence-electron chi connectivity index (χ3n) is 5.14. The Morgan fingerprint density at radius 2 is 1.70 bits per heavy atom. The van der Waals surface area contributed by atoms with Crippen LogP contribution in [0, 0.1) is 0 Å². The van der Waals surface area contributed by atoms with Crippen LogP contribution < -0.4 is 9.80 Å². The Kier molecular flexibility index (Phi) is 4.39. The number of esters is 1. The summed E-state index contributed by atoms with van der Waals surface area (Å²) in [5.74, 6) is -0.336. The van der Waals surface area contributed by atoms with E-state index in [1.54, 1.807) is 40.1 Å². The molecule has 0 N–H and O–H groups in total. The van der Waals surface area contributed by atoms with E-state index in [1.165, 1.54) is 7.11 Å². The number of rotatable bonds is 3. The van der Waals surface area contributed by atoms with Crippen molar-refractivity contribution in [1.29, 1.82) is 0 Å². The maximum Gasteiger partial charge on any atom is 0.337 e. The molecule has 2 aromatic rings. The van der Waals surface area contributed by atoms with Gasteiger partial charge in [0.2, 0.25) is 5.91 Å². The predicted molar refractivity (Wildman–Crippen MR) is 101 cm³/mol. The van der Waals surface area contributed by atoms with Crippen molar-refractivity contribution >= 4 is 29.2 Å². The van der Waals surface area contributed by atoms with Gasteiger partial charge in [-0.25, -0.2) is 4.79 Å². The molecular formula is C21H20N2O4. The molecule has 0 radical (unpaired) electrons. The Hall–Kier alpha value is -3.15. The molecule has 0 atom stereocenters. The molecule has 27 heavy (non-hydrogen) atoms. The van der Waals surface area contributed by atoms with Crippen molar-refractivity contribution < 1.29 is 19.1 Å². The zero-order valence-electron chi connectivity index (χ0n) is 15.1. The second-order valence-electron chi connectivity index (χ2n) is 6.74. The first-order valence-corrected chi connectivity index (χ1v) is 9.02. The Morgan fingerprint density at radius 3 is 2.37 bits per heavy atom. The summed E-state index contributed by atoms with van der Waals surface area (Å²) in [6.07, 6.45) is 2.16. The molecule has 0 unspecified atom stereocenters. The Balaban J connectivity index is 1.54. The van der Waals surface area contributed by atoms with Crippen LogP contribution in [0.1, 0.15) is 39.1 Å². The molecule has 1 saturated heterocycles. The lowest BCUT2D eigenvalue weighted by molar-refractivity contribution is -0.117. The number of carbonyl (C=O) groups is 3. The standard InChI is InChI=1S/C21H20N2O4/c1-27-21(26)16-6-9-18-15(13-16)10-12-23(18)20(25)14-4-7-17(8-5-14)22-11-2-3-19(22)24/h4-9,13H,2-3,10-12H2,1H3. The molecule has 2 amide bonds. The number of nitrogens with zero attached hydrogens (tertiary/aromatic N) is 2. The van der Waals surface area contributed by atoms with Gasteiger partial charge in [0.25, 0.3) is 5.91 Å². The van der Waals surface area contributed by atoms with Crippen LogP contribution in [0.15, 0.2) is 42.5 Å². The summed E-state index contributed by atoms with van der Waals surface area (Å²) in [5, 5.41) is 0. The van der Waals surface area contributed by atoms with E-state index in [9.17, 15) is 14.4 Å². The van der Waals surface area contributed by atoms with E-state index in [2.05, 4.69) is 0 Å². The van der Waals surface area contributed by atoms with Gasteiger partial charge in [-0.1, -0.05) is 0 Å². The third-order valence-corrected chi connectivity index (χ3v) is 5.14. The average Bonchev–Trinajstić information content (AvgIpc) is 3.32. The van der Waals surface area contributed by atoms with E-state index in [4.69, 9.17) is 4.74 Å². The van der Waals surface area contributed by atoms with Gasteiger partial charge in [-0.05, 0) is 60.9 Å². The summed E-state index contributed by atoms with van der Waals surface area (Å²) >= 11 is 0. The summed E-state index contributed by atoms with van der Waals surface area (Å²) in [7, 11) is 1.35. The topological polar surface area (TPSA) is 66.9 Å². The molecule has 0 bridgehead atoms. The molecule has 0 aromatic heterocycles. The van der Waals surface area contributed by atoms with Crippen LogP contribution >= 0.6 is 0 Å². The second-order valence-corrected chi connectivity index (χ2v) is 6.74. The largest absolute Gasteiger partial charge is 0.465 e. The third kappa shape index (κ3) is 3.07. The first-order valence-electron chi connectivity index (χ1n) is 9.02. The van der Waals surface area contributed by atoms with Crippen molar-refractivity contribution in [2.24, 2.45) is 0 Å². The summed E-state index contributed by atoms with van der Waals surface area (Å²) < 4.78 is 4.75. The van der Waals surface area contributed by atoms with Crippen LogP contribution in [0.25, 0.3) is 0 Å². The molecule has 0 aliphatic carbocycles. The van der Waals surface area contributed by atoms with Crippen molar-refractivity contribution in [3.63, 3.8) is 0 Å². The molecule has 0 spiro atoms. The van der Waals surface area contributed by atoms with Crippen molar-refractivity contribution in [2.45, 2.75) is 19.3 Å². The second kappa shape index (κ2) is 6.87. The number of carbonyl (C=O) groups excluding carboxylic acids is 3. The van der Waals surface area contributed by atoms with Crippen molar-refractivity contribution in [3.8, 4) is 0 Å². The summed E-state index contributed by atoms with van der Waals surface area (Å²) in [5.41, 5.74) is 3.69. The zero-order valence-corrected chi connectivity index (χ0v) is 15.1. The molecule has 6 heteroatoms. The Morgan fingerprint density at radius 1 is 0.963 bits per heavy atom. The van der Waals surface area contributed by atoms with Gasteiger partial charge in [0.15, 0.2) is 0 Å². The molecule has 6 nitrogen and oxygen atoms in total. The van der Waals surface area contributed by atoms with E-state index in [1.807, 2.05) is 12.1 Å². The molecule has 1 fully saturated rings. The predicted octanol–water partition coefficient (Wildman–Crippen LogP) is 2.80. The highest BCUT2D eigenvalue weighted by atomic mass is 16.5. The monoisotopic (exact) mass is 364 g/mol. The first kappa shape index (κ1) is 17.3.